The molecule has 2 aromatic rings. The minimum Gasteiger partial charge on any atom is -0.490 e. The third kappa shape index (κ3) is 5.91. The van der Waals surface area contributed by atoms with Gasteiger partial charge in [0.1, 0.15) is 6.61 Å². The lowest BCUT2D eigenvalue weighted by Crippen LogP contribution is -2.14. The summed E-state index contributed by atoms with van der Waals surface area (Å²) in [7, 11) is 0. The number of aryl methyl sites for hydroxylation is 1. The van der Waals surface area contributed by atoms with Gasteiger partial charge in [0.15, 0.2) is 11.5 Å². The van der Waals surface area contributed by atoms with E-state index in [0.29, 0.717) is 13.2 Å². The smallest absolute Gasteiger partial charge is 0.166 e. The van der Waals surface area contributed by atoms with Gasteiger partial charge < -0.3 is 14.8 Å². The predicted octanol–water partition coefficient (Wildman–Crippen LogP) is 4.67. The van der Waals surface area contributed by atoms with Crippen LogP contribution in [-0.4, -0.2) is 13.2 Å². The summed E-state index contributed by atoms with van der Waals surface area (Å²) in [5.41, 5.74) is 3.48. The molecular formula is C20H26ClNO2. The molecule has 0 aliphatic heterocycles. The maximum absolute atomic E-state index is 6.09. The lowest BCUT2D eigenvalue weighted by molar-refractivity contribution is 0.266. The van der Waals surface area contributed by atoms with Crippen molar-refractivity contribution in [2.24, 2.45) is 0 Å². The molecule has 0 bridgehead atoms. The highest BCUT2D eigenvalue weighted by atomic mass is 35.5. The highest BCUT2D eigenvalue weighted by Crippen LogP contribution is 2.32. The summed E-state index contributed by atoms with van der Waals surface area (Å²) in [6.45, 7) is 10.4. The summed E-state index contributed by atoms with van der Waals surface area (Å²) in [6.07, 6.45) is 1.85. The first kappa shape index (κ1) is 20.1. The molecule has 0 radical (unpaired) electrons. The Kier molecular flexibility index (Phi) is 8.98. The van der Waals surface area contributed by atoms with Crippen LogP contribution in [0, 0.1) is 6.92 Å². The summed E-state index contributed by atoms with van der Waals surface area (Å²) in [5, 5.41) is 3.31. The van der Waals surface area contributed by atoms with E-state index < -0.39 is 0 Å². The van der Waals surface area contributed by atoms with Gasteiger partial charge in [-0.2, -0.15) is 0 Å². The van der Waals surface area contributed by atoms with Crippen molar-refractivity contribution in [2.45, 2.75) is 27.0 Å². The third-order valence-electron chi connectivity index (χ3n) is 3.47. The molecule has 0 aliphatic carbocycles. The zero-order valence-electron chi connectivity index (χ0n) is 14.4. The van der Waals surface area contributed by atoms with E-state index in [1.54, 1.807) is 0 Å². The number of benzene rings is 2. The highest BCUT2D eigenvalue weighted by Gasteiger charge is 2.11. The van der Waals surface area contributed by atoms with Gasteiger partial charge in [0.05, 0.1) is 6.61 Å². The molecule has 130 valence electrons. The molecule has 0 atom stereocenters. The number of para-hydroxylation sites is 1. The SMILES string of the molecule is C=CCNCc1cccc(OCC)c1OCc1ccc(C)cc1.Cl. The molecule has 0 saturated carbocycles. The van der Waals surface area contributed by atoms with Crippen LogP contribution in [0.1, 0.15) is 23.6 Å². The van der Waals surface area contributed by atoms with Gasteiger partial charge >= 0.3 is 0 Å². The molecule has 24 heavy (non-hydrogen) atoms. The van der Waals surface area contributed by atoms with Gasteiger partial charge in [-0.05, 0) is 25.5 Å². The Balaban J connectivity index is 0.00000288. The summed E-state index contributed by atoms with van der Waals surface area (Å²) in [5.74, 6) is 1.60. The van der Waals surface area contributed by atoms with Crippen LogP contribution in [0.2, 0.25) is 0 Å². The van der Waals surface area contributed by atoms with E-state index in [1.165, 1.54) is 5.56 Å². The fraction of sp³-hybridized carbons (Fsp3) is 0.300. The second-order valence-corrected chi connectivity index (χ2v) is 5.37. The van der Waals surface area contributed by atoms with Gasteiger partial charge in [0.25, 0.3) is 0 Å². The van der Waals surface area contributed by atoms with E-state index in [1.807, 2.05) is 25.1 Å². The van der Waals surface area contributed by atoms with Gasteiger partial charge in [-0.15, -0.1) is 19.0 Å². The molecule has 0 aromatic heterocycles. The monoisotopic (exact) mass is 347 g/mol. The second-order valence-electron chi connectivity index (χ2n) is 5.37. The Hall–Kier alpha value is -1.97. The van der Waals surface area contributed by atoms with E-state index in [-0.39, 0.29) is 12.4 Å². The summed E-state index contributed by atoms with van der Waals surface area (Å²) < 4.78 is 11.8. The molecule has 2 aromatic carbocycles. The number of halogens is 1. The molecule has 0 aliphatic rings. The van der Waals surface area contributed by atoms with E-state index in [9.17, 15) is 0 Å². The Morgan fingerprint density at radius 2 is 1.83 bits per heavy atom. The van der Waals surface area contributed by atoms with Gasteiger partial charge in [-0.1, -0.05) is 48.0 Å². The van der Waals surface area contributed by atoms with Gasteiger partial charge in [-0.25, -0.2) is 0 Å². The first-order valence-electron chi connectivity index (χ1n) is 7.99. The number of ether oxygens (including phenoxy) is 2. The third-order valence-corrected chi connectivity index (χ3v) is 3.47. The minimum absolute atomic E-state index is 0. The lowest BCUT2D eigenvalue weighted by atomic mass is 10.1. The first-order chi connectivity index (χ1) is 11.2. The lowest BCUT2D eigenvalue weighted by Gasteiger charge is -2.16. The molecule has 3 nitrogen and oxygen atoms in total. The summed E-state index contributed by atoms with van der Waals surface area (Å²) in [6, 6.07) is 14.4. The predicted molar refractivity (Wildman–Crippen MR) is 102 cm³/mol. The number of hydrogen-bond donors (Lipinski definition) is 1. The molecule has 0 unspecified atom stereocenters. The molecule has 0 saturated heterocycles. The van der Waals surface area contributed by atoms with Crippen LogP contribution < -0.4 is 14.8 Å². The van der Waals surface area contributed by atoms with Gasteiger partial charge in [-0.3, -0.25) is 0 Å². The summed E-state index contributed by atoms with van der Waals surface area (Å²) >= 11 is 0. The number of nitrogens with one attached hydrogen (secondary N) is 1. The van der Waals surface area contributed by atoms with E-state index in [4.69, 9.17) is 9.47 Å². The van der Waals surface area contributed by atoms with Gasteiger partial charge in [0.2, 0.25) is 0 Å². The average molecular weight is 348 g/mol. The van der Waals surface area contributed by atoms with Crippen molar-refractivity contribution < 1.29 is 9.47 Å². The van der Waals surface area contributed by atoms with Crippen molar-refractivity contribution in [1.82, 2.24) is 5.32 Å². The van der Waals surface area contributed by atoms with E-state index in [2.05, 4.69) is 49.2 Å². The van der Waals surface area contributed by atoms with Crippen molar-refractivity contribution in [3.05, 3.63) is 71.8 Å². The summed E-state index contributed by atoms with van der Waals surface area (Å²) in [4.78, 5) is 0. The Morgan fingerprint density at radius 1 is 1.08 bits per heavy atom. The van der Waals surface area contributed by atoms with Crippen LogP contribution in [-0.2, 0) is 13.2 Å². The Bertz CT molecular complexity index is 626. The molecule has 1 N–H and O–H groups in total. The molecule has 0 spiro atoms. The van der Waals surface area contributed by atoms with Gasteiger partial charge in [0, 0.05) is 18.7 Å². The molecule has 0 amide bonds. The maximum atomic E-state index is 6.09. The van der Waals surface area contributed by atoms with Crippen molar-refractivity contribution in [3.63, 3.8) is 0 Å². The fourth-order valence-electron chi connectivity index (χ4n) is 2.28. The standard InChI is InChI=1S/C20H25NO2.ClH/c1-4-13-21-14-18-7-6-8-19(22-5-2)20(18)23-15-17-11-9-16(3)10-12-17;/h4,6-12,21H,1,5,13-15H2,2-3H3;1H. The molecule has 0 heterocycles. The number of hydrogen-bond acceptors (Lipinski definition) is 3. The minimum atomic E-state index is 0. The largest absolute Gasteiger partial charge is 0.490 e. The fourth-order valence-corrected chi connectivity index (χ4v) is 2.28. The van der Waals surface area contributed by atoms with E-state index >= 15 is 0 Å². The van der Waals surface area contributed by atoms with Crippen molar-refractivity contribution in [2.75, 3.05) is 13.2 Å². The average Bonchev–Trinajstić information content (AvgIpc) is 2.56. The quantitative estimate of drug-likeness (QED) is 0.528. The van der Waals surface area contributed by atoms with Crippen molar-refractivity contribution >= 4 is 12.4 Å². The zero-order valence-corrected chi connectivity index (χ0v) is 15.2. The first-order valence-corrected chi connectivity index (χ1v) is 7.99. The Labute approximate surface area is 151 Å². The molecule has 0 fully saturated rings. The van der Waals surface area contributed by atoms with Crippen molar-refractivity contribution in [1.29, 1.82) is 0 Å². The van der Waals surface area contributed by atoms with E-state index in [0.717, 1.165) is 35.7 Å². The highest BCUT2D eigenvalue weighted by molar-refractivity contribution is 5.85. The molecule has 4 heteroatoms. The maximum Gasteiger partial charge on any atom is 0.166 e. The number of rotatable bonds is 9. The van der Waals surface area contributed by atoms with Crippen LogP contribution >= 0.6 is 12.4 Å². The second kappa shape index (κ2) is 10.7. The zero-order chi connectivity index (χ0) is 16.5. The topological polar surface area (TPSA) is 30.5 Å². The van der Waals surface area contributed by atoms with Crippen LogP contribution in [0.5, 0.6) is 11.5 Å². The van der Waals surface area contributed by atoms with Crippen LogP contribution in [0.4, 0.5) is 0 Å². The molecular weight excluding hydrogens is 322 g/mol. The van der Waals surface area contributed by atoms with Crippen LogP contribution in [0.3, 0.4) is 0 Å². The van der Waals surface area contributed by atoms with Crippen LogP contribution in [0.15, 0.2) is 55.1 Å². The van der Waals surface area contributed by atoms with Crippen LogP contribution in [0.25, 0.3) is 0 Å². The van der Waals surface area contributed by atoms with Crippen molar-refractivity contribution in [3.8, 4) is 11.5 Å². The normalized spacial score (nSPS) is 9.92. The Morgan fingerprint density at radius 3 is 2.50 bits per heavy atom. The molecule has 2 rings (SSSR count).